The van der Waals surface area contributed by atoms with E-state index in [9.17, 15) is 4.79 Å². The number of carbonyl (C=O) groups excluding carboxylic acids is 1. The average Bonchev–Trinajstić information content (AvgIpc) is 2.37. The van der Waals surface area contributed by atoms with Crippen molar-refractivity contribution in [2.24, 2.45) is 11.3 Å². The Kier molecular flexibility index (Phi) is 6.87. The van der Waals surface area contributed by atoms with Crippen LogP contribution >= 0.6 is 0 Å². The average molecular weight is 286 g/mol. The molecule has 0 aliphatic heterocycles. The van der Waals surface area contributed by atoms with Crippen LogP contribution in [0.2, 0.25) is 0 Å². The third-order valence-corrected chi connectivity index (χ3v) is 4.35. The van der Waals surface area contributed by atoms with Gasteiger partial charge < -0.3 is 0 Å². The first-order chi connectivity index (χ1) is 9.86. The van der Waals surface area contributed by atoms with E-state index in [2.05, 4.69) is 45.9 Å². The topological polar surface area (TPSA) is 17.1 Å². The second kappa shape index (κ2) is 8.17. The van der Waals surface area contributed by atoms with E-state index in [1.54, 1.807) is 11.6 Å². The summed E-state index contributed by atoms with van der Waals surface area (Å²) in [4.78, 5) is 10.4. The van der Waals surface area contributed by atoms with Gasteiger partial charge in [-0.1, -0.05) is 50.6 Å². The molecule has 1 aliphatic carbocycles. The van der Waals surface area contributed by atoms with Crippen molar-refractivity contribution < 1.29 is 4.79 Å². The van der Waals surface area contributed by atoms with Crippen molar-refractivity contribution in [2.75, 3.05) is 0 Å². The number of rotatable bonds is 6. The molecule has 0 saturated carbocycles. The van der Waals surface area contributed by atoms with Crippen LogP contribution in [0, 0.1) is 11.3 Å². The van der Waals surface area contributed by atoms with Crippen molar-refractivity contribution >= 4 is 6.29 Å². The van der Waals surface area contributed by atoms with E-state index < -0.39 is 0 Å². The number of allylic oxidation sites excluding steroid dienone is 8. The zero-order chi connectivity index (χ0) is 15.9. The predicted octanol–water partition coefficient (Wildman–Crippen LogP) is 5.80. The molecule has 1 nitrogen and oxygen atoms in total. The highest BCUT2D eigenvalue weighted by Crippen LogP contribution is 2.40. The van der Waals surface area contributed by atoms with Crippen molar-refractivity contribution in [1.29, 1.82) is 0 Å². The smallest absolute Gasteiger partial charge is 0.143 e. The fourth-order valence-electron chi connectivity index (χ4n) is 2.98. The molecule has 0 radical (unpaired) electrons. The summed E-state index contributed by atoms with van der Waals surface area (Å²) < 4.78 is 0. The molecule has 0 aromatic carbocycles. The highest BCUT2D eigenvalue weighted by molar-refractivity contribution is 5.66. The third-order valence-electron chi connectivity index (χ3n) is 4.35. The maximum atomic E-state index is 10.4. The molecule has 21 heavy (non-hydrogen) atoms. The Morgan fingerprint density at radius 3 is 2.71 bits per heavy atom. The van der Waals surface area contributed by atoms with E-state index in [4.69, 9.17) is 0 Å². The van der Waals surface area contributed by atoms with Crippen LogP contribution < -0.4 is 0 Å². The molecular formula is C20H30O. The maximum Gasteiger partial charge on any atom is 0.143 e. The van der Waals surface area contributed by atoms with Crippen molar-refractivity contribution in [2.45, 2.75) is 60.3 Å². The zero-order valence-corrected chi connectivity index (χ0v) is 14.3. The molecule has 0 N–H and O–H groups in total. The van der Waals surface area contributed by atoms with Crippen LogP contribution in [0.1, 0.15) is 60.3 Å². The fraction of sp³-hybridized carbons (Fsp3) is 0.550. The molecule has 0 saturated heterocycles. The van der Waals surface area contributed by atoms with Gasteiger partial charge in [0.25, 0.3) is 0 Å². The van der Waals surface area contributed by atoms with Crippen LogP contribution in [0.5, 0.6) is 0 Å². The first-order valence-electron chi connectivity index (χ1n) is 8.04. The monoisotopic (exact) mass is 286 g/mol. The second-order valence-corrected chi connectivity index (χ2v) is 6.95. The van der Waals surface area contributed by atoms with Gasteiger partial charge in [0.1, 0.15) is 6.29 Å². The Morgan fingerprint density at radius 1 is 1.38 bits per heavy atom. The molecule has 1 heteroatoms. The van der Waals surface area contributed by atoms with E-state index in [1.165, 1.54) is 24.8 Å². The highest BCUT2D eigenvalue weighted by Gasteiger charge is 2.26. The number of aldehydes is 1. The van der Waals surface area contributed by atoms with Crippen molar-refractivity contribution in [3.8, 4) is 0 Å². The molecule has 1 rings (SSSR count). The number of hydrogen-bond donors (Lipinski definition) is 0. The summed E-state index contributed by atoms with van der Waals surface area (Å²) in [5.41, 5.74) is 4.40. The van der Waals surface area contributed by atoms with Gasteiger partial charge >= 0.3 is 0 Å². The lowest BCUT2D eigenvalue weighted by atomic mass is 9.72. The number of carbonyl (C=O) groups is 1. The largest absolute Gasteiger partial charge is 0.299 e. The number of hydrogen-bond acceptors (Lipinski definition) is 1. The van der Waals surface area contributed by atoms with Crippen LogP contribution in [0.3, 0.4) is 0 Å². The van der Waals surface area contributed by atoms with Crippen molar-refractivity contribution in [3.05, 3.63) is 47.1 Å². The van der Waals surface area contributed by atoms with Crippen LogP contribution in [-0.4, -0.2) is 6.29 Å². The first kappa shape index (κ1) is 17.7. The van der Waals surface area contributed by atoms with Gasteiger partial charge in [-0.3, -0.25) is 4.79 Å². The lowest BCUT2D eigenvalue weighted by Crippen LogP contribution is -2.19. The van der Waals surface area contributed by atoms with E-state index in [0.29, 0.717) is 11.3 Å². The highest BCUT2D eigenvalue weighted by atomic mass is 16.1. The Morgan fingerprint density at radius 2 is 2.10 bits per heavy atom. The molecule has 1 aliphatic rings. The summed E-state index contributed by atoms with van der Waals surface area (Å²) in [6, 6.07) is 0. The van der Waals surface area contributed by atoms with Crippen LogP contribution in [0.4, 0.5) is 0 Å². The van der Waals surface area contributed by atoms with Crippen LogP contribution in [0.15, 0.2) is 47.1 Å². The summed E-state index contributed by atoms with van der Waals surface area (Å²) in [5, 5.41) is 0. The zero-order valence-electron chi connectivity index (χ0n) is 14.3. The van der Waals surface area contributed by atoms with Crippen LogP contribution in [0.25, 0.3) is 0 Å². The molecule has 0 bridgehead atoms. The Hall–Kier alpha value is -1.37. The van der Waals surface area contributed by atoms with Gasteiger partial charge in [0.15, 0.2) is 0 Å². The molecule has 0 amide bonds. The maximum absolute atomic E-state index is 10.4. The standard InChI is InChI=1S/C20H30O/c1-16(8-6-9-17(2)13-15-21)11-12-19-18(3)10-7-14-20(19,4)5/h6,9,11-13,15-16H,7-8,10,14H2,1-5H3. The van der Waals surface area contributed by atoms with Gasteiger partial charge in [-0.25, -0.2) is 0 Å². The lowest BCUT2D eigenvalue weighted by Gasteiger charge is -2.33. The van der Waals surface area contributed by atoms with E-state index in [0.717, 1.165) is 18.3 Å². The lowest BCUT2D eigenvalue weighted by molar-refractivity contribution is -0.104. The summed E-state index contributed by atoms with van der Waals surface area (Å²) in [5.74, 6) is 0.517. The fourth-order valence-corrected chi connectivity index (χ4v) is 2.98. The van der Waals surface area contributed by atoms with Gasteiger partial charge in [-0.15, -0.1) is 0 Å². The Bertz CT molecular complexity index is 472. The molecule has 1 unspecified atom stereocenters. The molecule has 0 aromatic heterocycles. The minimum atomic E-state index is 0.317. The molecule has 116 valence electrons. The van der Waals surface area contributed by atoms with Gasteiger partial charge in [0.2, 0.25) is 0 Å². The van der Waals surface area contributed by atoms with Gasteiger partial charge in [-0.05, 0) is 68.1 Å². The summed E-state index contributed by atoms with van der Waals surface area (Å²) in [6.07, 6.45) is 16.1. The second-order valence-electron chi connectivity index (χ2n) is 6.95. The summed E-state index contributed by atoms with van der Waals surface area (Å²) in [7, 11) is 0. The summed E-state index contributed by atoms with van der Waals surface area (Å²) >= 11 is 0. The normalized spacial score (nSPS) is 21.3. The SMILES string of the molecule is CC(C=CCC(C)C=CC1=C(C)CCCC1(C)C)=CC=O. The minimum absolute atomic E-state index is 0.317. The van der Waals surface area contributed by atoms with Gasteiger partial charge in [-0.2, -0.15) is 0 Å². The van der Waals surface area contributed by atoms with Gasteiger partial charge in [0, 0.05) is 0 Å². The molecule has 0 fully saturated rings. The third kappa shape index (κ3) is 5.87. The minimum Gasteiger partial charge on any atom is -0.299 e. The first-order valence-corrected chi connectivity index (χ1v) is 8.04. The molecule has 1 atom stereocenters. The quantitative estimate of drug-likeness (QED) is 0.343. The Labute approximate surface area is 130 Å². The van der Waals surface area contributed by atoms with Crippen molar-refractivity contribution in [3.63, 3.8) is 0 Å². The van der Waals surface area contributed by atoms with E-state index in [1.807, 2.05) is 13.0 Å². The summed E-state index contributed by atoms with van der Waals surface area (Å²) in [6.45, 7) is 11.2. The molecule has 0 spiro atoms. The van der Waals surface area contributed by atoms with Crippen molar-refractivity contribution in [1.82, 2.24) is 0 Å². The van der Waals surface area contributed by atoms with E-state index >= 15 is 0 Å². The molecular weight excluding hydrogens is 256 g/mol. The van der Waals surface area contributed by atoms with E-state index in [-0.39, 0.29) is 0 Å². The van der Waals surface area contributed by atoms with Crippen LogP contribution in [-0.2, 0) is 4.79 Å². The molecule has 0 aromatic rings. The molecule has 0 heterocycles. The van der Waals surface area contributed by atoms with Gasteiger partial charge in [0.05, 0.1) is 0 Å². The Balaban J connectivity index is 2.63. The predicted molar refractivity (Wildman–Crippen MR) is 92.2 cm³/mol.